The van der Waals surface area contributed by atoms with E-state index in [1.165, 1.54) is 24.3 Å². The summed E-state index contributed by atoms with van der Waals surface area (Å²) in [5.74, 6) is -5.08. The van der Waals surface area contributed by atoms with E-state index in [1.807, 2.05) is 0 Å². The van der Waals surface area contributed by atoms with E-state index in [0.29, 0.717) is 0 Å². The molecule has 3 nitrogen and oxygen atoms in total. The van der Waals surface area contributed by atoms with Gasteiger partial charge in [0.25, 0.3) is 0 Å². The number of rotatable bonds is 5. The van der Waals surface area contributed by atoms with Crippen LogP contribution in [0.1, 0.15) is 83.4 Å². The lowest BCUT2D eigenvalue weighted by Crippen LogP contribution is -2.07. The molecule has 0 aliphatic rings. The first-order valence-electron chi connectivity index (χ1n) is 15.5. The molecule has 0 fully saturated rings. The molecule has 2 aromatic carbocycles. The summed E-state index contributed by atoms with van der Waals surface area (Å²) in [6, 6.07) is 7.16. The van der Waals surface area contributed by atoms with Gasteiger partial charge in [-0.3, -0.25) is 4.57 Å². The topological polar surface area (TPSA) is 22.2 Å². The Morgan fingerprint density at radius 2 is 2.00 bits per heavy atom. The second kappa shape index (κ2) is 7.80. The zero-order chi connectivity index (χ0) is 32.4. The number of para-hydroxylation sites is 1. The predicted molar refractivity (Wildman–Crippen MR) is 113 cm³/mol. The Hall–Kier alpha value is -2.86. The first kappa shape index (κ1) is 7.64. The van der Waals surface area contributed by atoms with Crippen molar-refractivity contribution in [2.45, 2.75) is 52.6 Å². The molecule has 0 N–H and O–H groups in total. The van der Waals surface area contributed by atoms with Gasteiger partial charge in [0.05, 0.1) is 15.0 Å². The Morgan fingerprint density at radius 3 is 2.63 bits per heavy atom. The molecule has 0 amide bonds. The van der Waals surface area contributed by atoms with Crippen molar-refractivity contribution in [3.05, 3.63) is 76.9 Å². The second-order valence-electron chi connectivity index (χ2n) is 5.91. The van der Waals surface area contributed by atoms with Crippen LogP contribution >= 0.6 is 0 Å². The minimum atomic E-state index is -3.12. The molecule has 0 saturated heterocycles. The Labute approximate surface area is 183 Å². The van der Waals surface area contributed by atoms with Gasteiger partial charge in [-0.1, -0.05) is 64.7 Å². The molecule has 1 heterocycles. The molecule has 0 radical (unpaired) electrons. The Morgan fingerprint density at radius 1 is 1.26 bits per heavy atom. The van der Waals surface area contributed by atoms with Gasteiger partial charge in [-0.2, -0.15) is 0 Å². The van der Waals surface area contributed by atoms with Gasteiger partial charge in [0.15, 0.2) is 5.69 Å². The average molecular weight is 373 g/mol. The van der Waals surface area contributed by atoms with Crippen LogP contribution in [0.3, 0.4) is 0 Å². The minimum absolute atomic E-state index is 0.0139. The van der Waals surface area contributed by atoms with Crippen LogP contribution in [-0.2, 0) is 6.37 Å². The molecular formula is C24H27N3. The van der Waals surface area contributed by atoms with E-state index in [0.717, 1.165) is 30.5 Å². The molecule has 0 saturated carbocycles. The number of nitrogens with zero attached hydrogens (tertiary/aromatic N) is 3. The highest BCUT2D eigenvalue weighted by molar-refractivity contribution is 5.69. The van der Waals surface area contributed by atoms with Gasteiger partial charge in [-0.05, 0) is 40.9 Å². The summed E-state index contributed by atoms with van der Waals surface area (Å²) in [5, 5.41) is 0. The normalized spacial score (nSPS) is 25.6. The van der Waals surface area contributed by atoms with Crippen molar-refractivity contribution in [2.24, 2.45) is 0 Å². The summed E-state index contributed by atoms with van der Waals surface area (Å²) < 4.78 is 122. The third-order valence-electron chi connectivity index (χ3n) is 4.11. The van der Waals surface area contributed by atoms with Crippen molar-refractivity contribution in [1.82, 2.24) is 9.55 Å². The quantitative estimate of drug-likeness (QED) is 0.446. The largest absolute Gasteiger partial charge is 0.299 e. The minimum Gasteiger partial charge on any atom is -0.299 e. The predicted octanol–water partition coefficient (Wildman–Crippen LogP) is 6.90. The maximum atomic E-state index is 8.80. The van der Waals surface area contributed by atoms with Crippen molar-refractivity contribution < 1.29 is 20.6 Å². The molecule has 0 aliphatic heterocycles. The number of imidazole rings is 1. The lowest BCUT2D eigenvalue weighted by atomic mass is 9.92. The van der Waals surface area contributed by atoms with Gasteiger partial charge in [0.1, 0.15) is 5.82 Å². The van der Waals surface area contributed by atoms with Crippen LogP contribution in [0, 0.1) is 6.57 Å². The second-order valence-corrected chi connectivity index (χ2v) is 5.91. The molecule has 3 rings (SSSR count). The van der Waals surface area contributed by atoms with E-state index in [2.05, 4.69) is 9.83 Å². The molecule has 138 valence electrons. The SMILES string of the molecule is [2H]c1nc(-c2ccc(C([2H])([2H])C([2H])([2H])[2H])c([N+]#[C-])c2)n(-c2c(C([2H])(C)C([2H])([2H])[2H])cccc2C([2H])(C)C([2H])([2H])[2H])c1[2H]. The van der Waals surface area contributed by atoms with Gasteiger partial charge >= 0.3 is 0 Å². The molecule has 2 unspecified atom stereocenters. The average Bonchev–Trinajstić information content (AvgIpc) is 3.14. The van der Waals surface area contributed by atoms with E-state index < -0.39 is 62.3 Å². The monoisotopic (exact) mass is 372 g/mol. The zero-order valence-corrected chi connectivity index (χ0v) is 14.8. The standard InChI is InChI=1S/C24H27N3/c1-7-18-11-12-19(15-22(18)25-6)24-26-13-14-27(24)23-20(16(2)3)9-8-10-21(23)17(4)5/h8-17H,7H2,1-5H3/i1D3,2D3,4D3,7D2,13D,14D,16D,17D. The molecule has 3 aromatic rings. The smallest absolute Gasteiger partial charge is 0.191 e. The van der Waals surface area contributed by atoms with Gasteiger partial charge in [0.2, 0.25) is 0 Å². The molecule has 1 aromatic heterocycles. The van der Waals surface area contributed by atoms with Crippen LogP contribution in [0.15, 0.2) is 48.7 Å². The first-order chi connectivity index (χ1) is 18.8. The molecule has 27 heavy (non-hydrogen) atoms. The Balaban J connectivity index is 2.52. The number of aryl methyl sites for hydroxylation is 1. The van der Waals surface area contributed by atoms with Gasteiger partial charge in [0, 0.05) is 35.7 Å². The van der Waals surface area contributed by atoms with Gasteiger partial charge in [-0.25, -0.2) is 9.83 Å². The summed E-state index contributed by atoms with van der Waals surface area (Å²) >= 11 is 0. The summed E-state index contributed by atoms with van der Waals surface area (Å²) in [6.45, 7) is 0.654. The highest BCUT2D eigenvalue weighted by Gasteiger charge is 2.18. The Kier molecular flexibility index (Phi) is 2.21. The van der Waals surface area contributed by atoms with E-state index in [9.17, 15) is 0 Å². The molecule has 0 bridgehead atoms. The van der Waals surface area contributed by atoms with Crippen LogP contribution in [0.5, 0.6) is 0 Å². The molecule has 0 spiro atoms. The highest BCUT2D eigenvalue weighted by Crippen LogP contribution is 2.35. The lowest BCUT2D eigenvalue weighted by molar-refractivity contribution is 0.807. The number of aromatic nitrogens is 2. The van der Waals surface area contributed by atoms with Crippen molar-refractivity contribution in [1.29, 1.82) is 0 Å². The fourth-order valence-electron chi connectivity index (χ4n) is 2.84. The van der Waals surface area contributed by atoms with Crippen LogP contribution in [-0.4, -0.2) is 9.55 Å². The number of benzene rings is 2. The van der Waals surface area contributed by atoms with E-state index in [4.69, 9.17) is 27.1 Å². The zero-order valence-electron chi connectivity index (χ0n) is 29.8. The molecule has 0 aliphatic carbocycles. The first-order valence-corrected chi connectivity index (χ1v) is 8.05. The van der Waals surface area contributed by atoms with Crippen LogP contribution in [0.25, 0.3) is 21.9 Å². The lowest BCUT2D eigenvalue weighted by Gasteiger charge is -2.22. The third-order valence-corrected chi connectivity index (χ3v) is 4.11. The maximum Gasteiger partial charge on any atom is 0.191 e. The fraction of sp³-hybridized carbons (Fsp3) is 0.333. The van der Waals surface area contributed by atoms with Crippen LogP contribution in [0.4, 0.5) is 5.69 Å². The summed E-state index contributed by atoms with van der Waals surface area (Å²) in [6.07, 6.45) is -4.20. The van der Waals surface area contributed by atoms with Crippen molar-refractivity contribution in [2.75, 3.05) is 0 Å². The van der Waals surface area contributed by atoms with Crippen molar-refractivity contribution >= 4 is 5.69 Å². The fourth-order valence-corrected chi connectivity index (χ4v) is 2.84. The van der Waals surface area contributed by atoms with Crippen molar-refractivity contribution in [3.8, 4) is 17.1 Å². The summed E-state index contributed by atoms with van der Waals surface area (Å²) in [5.41, 5.74) is -1.77. The third kappa shape index (κ3) is 3.53. The van der Waals surface area contributed by atoms with Gasteiger partial charge in [-0.15, -0.1) is 0 Å². The van der Waals surface area contributed by atoms with Gasteiger partial charge < -0.3 is 0 Å². The van der Waals surface area contributed by atoms with E-state index in [-0.39, 0.29) is 28.2 Å². The molecule has 2 atom stereocenters. The summed E-state index contributed by atoms with van der Waals surface area (Å²) in [4.78, 5) is 7.34. The molecule has 3 heteroatoms. The van der Waals surface area contributed by atoms with Crippen LogP contribution < -0.4 is 0 Å². The van der Waals surface area contributed by atoms with Crippen LogP contribution in [0.2, 0.25) is 0 Å². The van der Waals surface area contributed by atoms with E-state index >= 15 is 0 Å². The number of hydrogen-bond acceptors (Lipinski definition) is 1. The Bertz CT molecular complexity index is 1510. The number of hydrogen-bond donors (Lipinski definition) is 0. The van der Waals surface area contributed by atoms with Crippen molar-refractivity contribution in [3.63, 3.8) is 0 Å². The highest BCUT2D eigenvalue weighted by atomic mass is 15.1. The van der Waals surface area contributed by atoms with E-state index in [1.54, 1.807) is 0 Å². The molecular weight excluding hydrogens is 330 g/mol. The maximum absolute atomic E-state index is 8.80. The summed E-state index contributed by atoms with van der Waals surface area (Å²) in [7, 11) is 0.